The van der Waals surface area contributed by atoms with E-state index in [1.54, 1.807) is 30.3 Å². The molecule has 106 valence electrons. The summed E-state index contributed by atoms with van der Waals surface area (Å²) in [5, 5.41) is 12.0. The van der Waals surface area contributed by atoms with Crippen LogP contribution in [0.5, 0.6) is 0 Å². The van der Waals surface area contributed by atoms with Gasteiger partial charge in [0.2, 0.25) is 0 Å². The standard InChI is InChI=1S/C16H14ClN3O/c1-2-5-13-8-12(9-15(17)19-13)16(21)20-14-7-4-3-6-11(14)10-18/h3-4,6-9H,2,5H2,1H3,(H,20,21). The number of hydrogen-bond acceptors (Lipinski definition) is 3. The van der Waals surface area contributed by atoms with E-state index in [1.807, 2.05) is 13.0 Å². The molecular formula is C16H14ClN3O. The molecule has 0 atom stereocenters. The molecule has 2 rings (SSSR count). The number of carbonyl (C=O) groups excluding carboxylic acids is 1. The Morgan fingerprint density at radius 1 is 1.38 bits per heavy atom. The fraction of sp³-hybridized carbons (Fsp3) is 0.188. The van der Waals surface area contributed by atoms with E-state index in [4.69, 9.17) is 16.9 Å². The number of anilines is 1. The van der Waals surface area contributed by atoms with Crippen molar-refractivity contribution in [3.05, 3.63) is 58.4 Å². The Morgan fingerprint density at radius 3 is 2.86 bits per heavy atom. The number of carbonyl (C=O) groups is 1. The molecule has 0 saturated heterocycles. The Hall–Kier alpha value is -2.38. The largest absolute Gasteiger partial charge is 0.321 e. The minimum Gasteiger partial charge on any atom is -0.321 e. The third kappa shape index (κ3) is 3.80. The van der Waals surface area contributed by atoms with Crippen LogP contribution in [0.3, 0.4) is 0 Å². The van der Waals surface area contributed by atoms with Crippen molar-refractivity contribution in [2.45, 2.75) is 19.8 Å². The second kappa shape index (κ2) is 6.87. The molecule has 0 bridgehead atoms. The summed E-state index contributed by atoms with van der Waals surface area (Å²) in [4.78, 5) is 16.5. The maximum Gasteiger partial charge on any atom is 0.255 e. The first kappa shape index (κ1) is 15.0. The van der Waals surface area contributed by atoms with Gasteiger partial charge in [-0.2, -0.15) is 5.26 Å². The van der Waals surface area contributed by atoms with Crippen LogP contribution < -0.4 is 5.32 Å². The van der Waals surface area contributed by atoms with Crippen molar-refractivity contribution in [2.24, 2.45) is 0 Å². The number of rotatable bonds is 4. The zero-order valence-corrected chi connectivity index (χ0v) is 12.3. The number of benzene rings is 1. The van der Waals surface area contributed by atoms with Crippen molar-refractivity contribution in [3.63, 3.8) is 0 Å². The summed E-state index contributed by atoms with van der Waals surface area (Å²) < 4.78 is 0. The lowest BCUT2D eigenvalue weighted by Crippen LogP contribution is -2.13. The number of aromatic nitrogens is 1. The third-order valence-electron chi connectivity index (χ3n) is 2.91. The van der Waals surface area contributed by atoms with Crippen LogP contribution in [0.25, 0.3) is 0 Å². The molecule has 0 aliphatic rings. The second-order valence-electron chi connectivity index (χ2n) is 4.53. The molecule has 1 aromatic heterocycles. The van der Waals surface area contributed by atoms with E-state index in [2.05, 4.69) is 10.3 Å². The summed E-state index contributed by atoms with van der Waals surface area (Å²) >= 11 is 5.95. The van der Waals surface area contributed by atoms with Crippen molar-refractivity contribution < 1.29 is 4.79 Å². The van der Waals surface area contributed by atoms with E-state index < -0.39 is 0 Å². The van der Waals surface area contributed by atoms with Gasteiger partial charge in [-0.25, -0.2) is 4.98 Å². The van der Waals surface area contributed by atoms with Crippen LogP contribution >= 0.6 is 11.6 Å². The average Bonchev–Trinajstić information content (AvgIpc) is 2.47. The zero-order chi connectivity index (χ0) is 15.2. The highest BCUT2D eigenvalue weighted by molar-refractivity contribution is 6.29. The maximum absolute atomic E-state index is 12.3. The normalized spacial score (nSPS) is 9.95. The van der Waals surface area contributed by atoms with Gasteiger partial charge < -0.3 is 5.32 Å². The molecule has 0 spiro atoms. The Bertz CT molecular complexity index is 707. The van der Waals surface area contributed by atoms with Crippen LogP contribution in [-0.2, 0) is 6.42 Å². The molecular weight excluding hydrogens is 286 g/mol. The van der Waals surface area contributed by atoms with Gasteiger partial charge in [0.25, 0.3) is 5.91 Å². The van der Waals surface area contributed by atoms with Crippen LogP contribution in [0.1, 0.15) is 35.0 Å². The maximum atomic E-state index is 12.3. The van der Waals surface area contributed by atoms with Gasteiger partial charge in [-0.05, 0) is 30.7 Å². The number of pyridine rings is 1. The van der Waals surface area contributed by atoms with E-state index in [0.29, 0.717) is 22.0 Å². The molecule has 0 aliphatic heterocycles. The lowest BCUT2D eigenvalue weighted by molar-refractivity contribution is 0.102. The number of halogens is 1. The number of nitrogens with zero attached hydrogens (tertiary/aromatic N) is 2. The first-order chi connectivity index (χ1) is 10.1. The molecule has 0 saturated carbocycles. The monoisotopic (exact) mass is 299 g/mol. The summed E-state index contributed by atoms with van der Waals surface area (Å²) in [5.74, 6) is -0.306. The van der Waals surface area contributed by atoms with E-state index in [-0.39, 0.29) is 5.91 Å². The van der Waals surface area contributed by atoms with E-state index >= 15 is 0 Å². The van der Waals surface area contributed by atoms with Crippen molar-refractivity contribution in [2.75, 3.05) is 5.32 Å². The minimum absolute atomic E-state index is 0.291. The smallest absolute Gasteiger partial charge is 0.255 e. The fourth-order valence-electron chi connectivity index (χ4n) is 1.95. The van der Waals surface area contributed by atoms with Gasteiger partial charge in [0.05, 0.1) is 11.3 Å². The zero-order valence-electron chi connectivity index (χ0n) is 11.6. The van der Waals surface area contributed by atoms with Crippen molar-refractivity contribution >= 4 is 23.2 Å². The molecule has 0 aliphatic carbocycles. The molecule has 0 radical (unpaired) electrons. The molecule has 1 amide bonds. The molecule has 1 heterocycles. The second-order valence-corrected chi connectivity index (χ2v) is 4.92. The Labute approximate surface area is 128 Å². The topological polar surface area (TPSA) is 65.8 Å². The minimum atomic E-state index is -0.306. The number of nitriles is 1. The fourth-order valence-corrected chi connectivity index (χ4v) is 2.18. The summed E-state index contributed by atoms with van der Waals surface area (Å²) in [6.45, 7) is 2.03. The van der Waals surface area contributed by atoms with E-state index in [0.717, 1.165) is 18.5 Å². The average molecular weight is 300 g/mol. The van der Waals surface area contributed by atoms with Crippen LogP contribution in [-0.4, -0.2) is 10.9 Å². The molecule has 1 N–H and O–H groups in total. The number of para-hydroxylation sites is 1. The van der Waals surface area contributed by atoms with Gasteiger partial charge in [0.15, 0.2) is 0 Å². The quantitative estimate of drug-likeness (QED) is 0.873. The van der Waals surface area contributed by atoms with Crippen LogP contribution in [0, 0.1) is 11.3 Å². The van der Waals surface area contributed by atoms with E-state index in [1.165, 1.54) is 6.07 Å². The molecule has 0 unspecified atom stereocenters. The van der Waals surface area contributed by atoms with E-state index in [9.17, 15) is 4.79 Å². The van der Waals surface area contributed by atoms with Crippen LogP contribution in [0.4, 0.5) is 5.69 Å². The third-order valence-corrected chi connectivity index (χ3v) is 3.10. The SMILES string of the molecule is CCCc1cc(C(=O)Nc2ccccc2C#N)cc(Cl)n1. The van der Waals surface area contributed by atoms with Crippen molar-refractivity contribution in [1.82, 2.24) is 4.98 Å². The van der Waals surface area contributed by atoms with Crippen molar-refractivity contribution in [1.29, 1.82) is 5.26 Å². The predicted molar refractivity (Wildman–Crippen MR) is 82.4 cm³/mol. The molecule has 0 fully saturated rings. The van der Waals surface area contributed by atoms with Gasteiger partial charge >= 0.3 is 0 Å². The summed E-state index contributed by atoms with van der Waals surface area (Å²) in [7, 11) is 0. The summed E-state index contributed by atoms with van der Waals surface area (Å²) in [6, 6.07) is 12.1. The Balaban J connectivity index is 2.26. The first-order valence-electron chi connectivity index (χ1n) is 6.61. The van der Waals surface area contributed by atoms with Gasteiger partial charge in [0, 0.05) is 11.3 Å². The summed E-state index contributed by atoms with van der Waals surface area (Å²) in [5.41, 5.74) is 2.12. The van der Waals surface area contributed by atoms with Gasteiger partial charge in [-0.15, -0.1) is 0 Å². The highest BCUT2D eigenvalue weighted by atomic mass is 35.5. The molecule has 4 nitrogen and oxygen atoms in total. The first-order valence-corrected chi connectivity index (χ1v) is 6.98. The lowest BCUT2D eigenvalue weighted by Gasteiger charge is -2.08. The number of amides is 1. The highest BCUT2D eigenvalue weighted by Gasteiger charge is 2.11. The van der Waals surface area contributed by atoms with Crippen LogP contribution in [0.15, 0.2) is 36.4 Å². The van der Waals surface area contributed by atoms with Crippen molar-refractivity contribution in [3.8, 4) is 6.07 Å². The Morgan fingerprint density at radius 2 is 2.14 bits per heavy atom. The van der Waals surface area contributed by atoms with Gasteiger partial charge in [-0.1, -0.05) is 37.1 Å². The molecule has 5 heteroatoms. The summed E-state index contributed by atoms with van der Waals surface area (Å²) in [6.07, 6.45) is 1.68. The highest BCUT2D eigenvalue weighted by Crippen LogP contribution is 2.17. The lowest BCUT2D eigenvalue weighted by atomic mass is 10.1. The predicted octanol–water partition coefficient (Wildman–Crippen LogP) is 3.81. The molecule has 2 aromatic rings. The Kier molecular flexibility index (Phi) is 4.91. The van der Waals surface area contributed by atoms with Crippen LogP contribution in [0.2, 0.25) is 5.15 Å². The van der Waals surface area contributed by atoms with Gasteiger partial charge in [-0.3, -0.25) is 4.79 Å². The van der Waals surface area contributed by atoms with Gasteiger partial charge in [0.1, 0.15) is 11.2 Å². The molecule has 1 aromatic carbocycles. The number of hydrogen-bond donors (Lipinski definition) is 1. The molecule has 21 heavy (non-hydrogen) atoms. The number of aryl methyl sites for hydroxylation is 1. The number of nitrogens with one attached hydrogen (secondary N) is 1.